The average molecular weight is 174 g/mol. The van der Waals surface area contributed by atoms with Crippen LogP contribution in [-0.4, -0.2) is 6.54 Å². The maximum Gasteiger partial charge on any atom is 0.122 e. The van der Waals surface area contributed by atoms with Crippen molar-refractivity contribution < 1.29 is 4.42 Å². The first-order chi connectivity index (χ1) is 6.37. The Balaban J connectivity index is 1.98. The van der Waals surface area contributed by atoms with Crippen LogP contribution >= 0.6 is 0 Å². The molecule has 0 bridgehead atoms. The van der Waals surface area contributed by atoms with Gasteiger partial charge in [0.2, 0.25) is 0 Å². The van der Waals surface area contributed by atoms with Gasteiger partial charge < -0.3 is 9.73 Å². The summed E-state index contributed by atoms with van der Waals surface area (Å²) in [5.74, 6) is 1.45. The fraction of sp³-hybridized carbons (Fsp3) is 0.500. The molecule has 1 saturated carbocycles. The van der Waals surface area contributed by atoms with E-state index in [9.17, 15) is 0 Å². The van der Waals surface area contributed by atoms with E-state index >= 15 is 0 Å². The van der Waals surface area contributed by atoms with E-state index in [-0.39, 0.29) is 11.5 Å². The van der Waals surface area contributed by atoms with Crippen LogP contribution in [0.1, 0.15) is 18.2 Å². The predicted octanol–water partition coefficient (Wildman–Crippen LogP) is 1.45. The molecule has 66 valence electrons. The maximum atomic E-state index is 9.10. The largest absolute Gasteiger partial charge is 0.468 e. The number of hydrogen-bond acceptors (Lipinski definition) is 3. The van der Waals surface area contributed by atoms with Crippen LogP contribution < -0.4 is 5.32 Å². The quantitative estimate of drug-likeness (QED) is 0.701. The van der Waals surface area contributed by atoms with Gasteiger partial charge in [-0.2, -0.15) is 5.26 Å². The first-order valence-corrected chi connectivity index (χ1v) is 4.55. The number of furan rings is 1. The van der Waals surface area contributed by atoms with Crippen molar-refractivity contribution in [3.63, 3.8) is 0 Å². The average Bonchev–Trinajstić information content (AvgIpc) is 2.57. The van der Waals surface area contributed by atoms with E-state index in [2.05, 4.69) is 11.4 Å². The summed E-state index contributed by atoms with van der Waals surface area (Å²) in [6.07, 6.45) is 2.69. The first-order valence-electron chi connectivity index (χ1n) is 4.55. The molecule has 1 saturated heterocycles. The lowest BCUT2D eigenvalue weighted by Gasteiger charge is -2.14. The lowest BCUT2D eigenvalue weighted by molar-refractivity contribution is 0.382. The van der Waals surface area contributed by atoms with Crippen molar-refractivity contribution in [3.8, 4) is 6.07 Å². The monoisotopic (exact) mass is 174 g/mol. The molecule has 1 aromatic rings. The zero-order valence-electron chi connectivity index (χ0n) is 7.16. The van der Waals surface area contributed by atoms with E-state index in [1.165, 1.54) is 0 Å². The molecule has 2 aliphatic rings. The Morgan fingerprint density at radius 3 is 3.23 bits per heavy atom. The Morgan fingerprint density at radius 2 is 2.62 bits per heavy atom. The van der Waals surface area contributed by atoms with Gasteiger partial charge in [-0.25, -0.2) is 0 Å². The highest BCUT2D eigenvalue weighted by molar-refractivity contribution is 5.30. The summed E-state index contributed by atoms with van der Waals surface area (Å²) in [6.45, 7) is 0.957. The standard InChI is InChI=1S/C10H10N2O/c11-6-10-4-7(10)5-12-9(10)8-2-1-3-13-8/h1-3,7,9,12H,4-5H2/t7-,9-,10+/m0/s1. The van der Waals surface area contributed by atoms with Gasteiger partial charge in [-0.05, 0) is 24.5 Å². The molecule has 0 aromatic carbocycles. The molecule has 0 unspecified atom stereocenters. The lowest BCUT2D eigenvalue weighted by Crippen LogP contribution is -2.21. The van der Waals surface area contributed by atoms with E-state index in [0.717, 1.165) is 18.7 Å². The first kappa shape index (κ1) is 7.16. The Morgan fingerprint density at radius 1 is 1.69 bits per heavy atom. The van der Waals surface area contributed by atoms with E-state index in [1.54, 1.807) is 6.26 Å². The third-order valence-electron chi connectivity index (χ3n) is 3.27. The SMILES string of the molecule is N#C[C@]12C[C@H]1CN[C@H]2c1ccco1. The molecule has 1 aliphatic heterocycles. The highest BCUT2D eigenvalue weighted by Crippen LogP contribution is 2.63. The minimum atomic E-state index is -0.155. The molecule has 13 heavy (non-hydrogen) atoms. The normalized spacial score (nSPS) is 41.2. The molecule has 2 heterocycles. The number of nitrogens with zero attached hydrogens (tertiary/aromatic N) is 1. The number of nitriles is 1. The Bertz CT molecular complexity index is 365. The summed E-state index contributed by atoms with van der Waals surface area (Å²) in [5, 5.41) is 12.4. The molecule has 3 rings (SSSR count). The number of fused-ring (bicyclic) bond motifs is 1. The third kappa shape index (κ3) is 0.763. The zero-order chi connectivity index (χ0) is 8.89. The topological polar surface area (TPSA) is 49.0 Å². The van der Waals surface area contributed by atoms with Gasteiger partial charge in [0.05, 0.1) is 23.8 Å². The van der Waals surface area contributed by atoms with Gasteiger partial charge >= 0.3 is 0 Å². The van der Waals surface area contributed by atoms with Crippen LogP contribution in [0, 0.1) is 22.7 Å². The molecule has 2 fully saturated rings. The molecule has 0 radical (unpaired) electrons. The van der Waals surface area contributed by atoms with Crippen LogP contribution in [0.4, 0.5) is 0 Å². The van der Waals surface area contributed by atoms with Gasteiger partial charge in [0.1, 0.15) is 5.76 Å². The smallest absolute Gasteiger partial charge is 0.122 e. The molecular formula is C10H10N2O. The van der Waals surface area contributed by atoms with Gasteiger partial charge in [0.15, 0.2) is 0 Å². The van der Waals surface area contributed by atoms with Crippen molar-refractivity contribution in [3.05, 3.63) is 24.2 Å². The fourth-order valence-corrected chi connectivity index (χ4v) is 2.41. The van der Waals surface area contributed by atoms with Crippen LogP contribution in [-0.2, 0) is 0 Å². The lowest BCUT2D eigenvalue weighted by atomic mass is 9.97. The highest BCUT2D eigenvalue weighted by atomic mass is 16.3. The Hall–Kier alpha value is -1.27. The second kappa shape index (κ2) is 2.15. The van der Waals surface area contributed by atoms with Crippen molar-refractivity contribution in [1.29, 1.82) is 5.26 Å². The number of rotatable bonds is 1. The van der Waals surface area contributed by atoms with Crippen LogP contribution in [0.15, 0.2) is 22.8 Å². The van der Waals surface area contributed by atoms with Gasteiger partial charge in [-0.3, -0.25) is 0 Å². The summed E-state index contributed by atoms with van der Waals surface area (Å²) in [4.78, 5) is 0. The predicted molar refractivity (Wildman–Crippen MR) is 45.6 cm³/mol. The van der Waals surface area contributed by atoms with Crippen molar-refractivity contribution >= 4 is 0 Å². The van der Waals surface area contributed by atoms with Gasteiger partial charge in [0, 0.05) is 6.54 Å². The summed E-state index contributed by atoms with van der Waals surface area (Å²) in [5.41, 5.74) is -0.155. The molecule has 3 heteroatoms. The van der Waals surface area contributed by atoms with Crippen molar-refractivity contribution in [1.82, 2.24) is 5.32 Å². The highest BCUT2D eigenvalue weighted by Gasteiger charge is 2.65. The molecule has 1 N–H and O–H groups in total. The molecule has 3 nitrogen and oxygen atoms in total. The zero-order valence-corrected chi connectivity index (χ0v) is 7.16. The number of nitrogens with one attached hydrogen (secondary N) is 1. The summed E-state index contributed by atoms with van der Waals surface area (Å²) in [6, 6.07) is 6.37. The van der Waals surface area contributed by atoms with Crippen molar-refractivity contribution in [2.24, 2.45) is 11.3 Å². The Kier molecular flexibility index (Phi) is 1.19. The molecule has 0 amide bonds. The molecule has 0 spiro atoms. The second-order valence-electron chi connectivity index (χ2n) is 3.91. The van der Waals surface area contributed by atoms with Gasteiger partial charge in [-0.15, -0.1) is 0 Å². The fourth-order valence-electron chi connectivity index (χ4n) is 2.41. The van der Waals surface area contributed by atoms with Crippen LogP contribution in [0.5, 0.6) is 0 Å². The van der Waals surface area contributed by atoms with Crippen molar-refractivity contribution in [2.45, 2.75) is 12.5 Å². The van der Waals surface area contributed by atoms with Gasteiger partial charge in [-0.1, -0.05) is 0 Å². The molecule has 1 aliphatic carbocycles. The Labute approximate surface area is 76.3 Å². The second-order valence-corrected chi connectivity index (χ2v) is 3.91. The third-order valence-corrected chi connectivity index (χ3v) is 3.27. The van der Waals surface area contributed by atoms with E-state index in [0.29, 0.717) is 5.92 Å². The van der Waals surface area contributed by atoms with Crippen LogP contribution in [0.25, 0.3) is 0 Å². The minimum absolute atomic E-state index is 0.123. The van der Waals surface area contributed by atoms with Crippen LogP contribution in [0.3, 0.4) is 0 Å². The summed E-state index contributed by atoms with van der Waals surface area (Å²) in [7, 11) is 0. The number of piperidine rings is 1. The molecule has 3 atom stereocenters. The van der Waals surface area contributed by atoms with Crippen molar-refractivity contribution in [2.75, 3.05) is 6.54 Å². The summed E-state index contributed by atoms with van der Waals surface area (Å²) < 4.78 is 5.33. The van der Waals surface area contributed by atoms with Crippen LogP contribution in [0.2, 0.25) is 0 Å². The molecule has 1 aromatic heterocycles. The van der Waals surface area contributed by atoms with E-state index in [4.69, 9.17) is 9.68 Å². The van der Waals surface area contributed by atoms with Gasteiger partial charge in [0.25, 0.3) is 0 Å². The van der Waals surface area contributed by atoms with E-state index < -0.39 is 0 Å². The number of hydrogen-bond donors (Lipinski definition) is 1. The van der Waals surface area contributed by atoms with E-state index in [1.807, 2.05) is 12.1 Å². The summed E-state index contributed by atoms with van der Waals surface area (Å²) >= 11 is 0. The maximum absolute atomic E-state index is 9.10. The molecular weight excluding hydrogens is 164 g/mol. The minimum Gasteiger partial charge on any atom is -0.468 e.